The predicted molar refractivity (Wildman–Crippen MR) is 148 cm³/mol. The molecule has 0 N–H and O–H groups in total. The molecule has 0 unspecified atom stereocenters. The molecule has 0 aliphatic carbocycles. The molecule has 0 spiro atoms. The summed E-state index contributed by atoms with van der Waals surface area (Å²) in [5.74, 6) is 0. The first-order chi connectivity index (χ1) is 15.5. The molecule has 3 nitrogen and oxygen atoms in total. The number of hydrogen-bond acceptors (Lipinski definition) is 2. The molecule has 0 saturated heterocycles. The van der Waals surface area contributed by atoms with E-state index in [0.29, 0.717) is 0 Å². The van der Waals surface area contributed by atoms with Gasteiger partial charge >= 0.3 is 39.6 Å². The van der Waals surface area contributed by atoms with E-state index in [-0.39, 0.29) is 0 Å². The molecule has 0 atom stereocenters. The molecular formula is C27H33Br2FeN3. The quantitative estimate of drug-likeness (QED) is 0.208. The maximum atomic E-state index is 4.98. The number of aromatic nitrogens is 1. The van der Waals surface area contributed by atoms with Gasteiger partial charge in [0.2, 0.25) is 0 Å². The van der Waals surface area contributed by atoms with Crippen LogP contribution in [0.3, 0.4) is 0 Å². The number of benzene rings is 2. The first kappa shape index (κ1) is 27.8. The first-order valence-corrected chi connectivity index (χ1v) is 16.2. The van der Waals surface area contributed by atoms with Crippen molar-refractivity contribution in [1.29, 1.82) is 0 Å². The molecule has 0 aliphatic heterocycles. The molecule has 0 saturated carbocycles. The number of halogens is 2. The normalized spacial score (nSPS) is 12.1. The summed E-state index contributed by atoms with van der Waals surface area (Å²) in [7, 11) is 2.09. The zero-order valence-electron chi connectivity index (χ0n) is 20.9. The molecule has 33 heavy (non-hydrogen) atoms. The third-order valence-electron chi connectivity index (χ3n) is 5.69. The average molecular weight is 615 g/mol. The fourth-order valence-corrected chi connectivity index (χ4v) is 4.39. The Bertz CT molecular complexity index is 1070. The van der Waals surface area contributed by atoms with Crippen LogP contribution in [0.2, 0.25) is 0 Å². The molecular weight excluding hydrogens is 582 g/mol. The van der Waals surface area contributed by atoms with Gasteiger partial charge < -0.3 is 4.57 Å². The van der Waals surface area contributed by atoms with Crippen LogP contribution in [0, 0.1) is 41.5 Å². The molecule has 6 heteroatoms. The van der Waals surface area contributed by atoms with E-state index in [4.69, 9.17) is 9.98 Å². The van der Waals surface area contributed by atoms with E-state index in [2.05, 4.69) is 132 Å². The molecule has 2 aromatic carbocycles. The van der Waals surface area contributed by atoms with Crippen molar-refractivity contribution in [1.82, 2.24) is 4.57 Å². The summed E-state index contributed by atoms with van der Waals surface area (Å²) >= 11 is 7.00. The van der Waals surface area contributed by atoms with Gasteiger partial charge in [0, 0.05) is 7.05 Å². The molecule has 1 heterocycles. The predicted octanol–water partition coefficient (Wildman–Crippen LogP) is 8.85. The fourth-order valence-electron chi connectivity index (χ4n) is 4.39. The van der Waals surface area contributed by atoms with Crippen molar-refractivity contribution in [3.05, 3.63) is 81.2 Å². The monoisotopic (exact) mass is 613 g/mol. The van der Waals surface area contributed by atoms with Crippen LogP contribution < -0.4 is 0 Å². The van der Waals surface area contributed by atoms with E-state index in [1.165, 1.54) is 33.4 Å². The van der Waals surface area contributed by atoms with E-state index in [1.54, 1.807) is 0 Å². The van der Waals surface area contributed by atoms with E-state index in [0.717, 1.165) is 45.5 Å². The van der Waals surface area contributed by atoms with E-state index < -0.39 is 0 Å². The van der Waals surface area contributed by atoms with Gasteiger partial charge in [0.05, 0.1) is 34.2 Å². The van der Waals surface area contributed by atoms with Crippen LogP contribution in [0.4, 0.5) is 11.4 Å². The summed E-state index contributed by atoms with van der Waals surface area (Å²) in [6.45, 7) is 16.9. The summed E-state index contributed by atoms with van der Waals surface area (Å²) in [5, 5.41) is 0. The number of nitrogens with zero attached hydrogens (tertiary/aromatic N) is 3. The summed E-state index contributed by atoms with van der Waals surface area (Å²) in [5.41, 5.74) is 13.8. The van der Waals surface area contributed by atoms with Gasteiger partial charge in [-0.25, -0.2) is 0 Å². The number of rotatable bonds is 4. The summed E-state index contributed by atoms with van der Waals surface area (Å²) in [4.78, 5) is 9.96. The van der Waals surface area contributed by atoms with Crippen molar-refractivity contribution in [2.45, 2.75) is 55.4 Å². The fraction of sp³-hybridized carbons (Fsp3) is 0.333. The Morgan fingerprint density at radius 2 is 0.939 bits per heavy atom. The van der Waals surface area contributed by atoms with Crippen molar-refractivity contribution in [3.63, 3.8) is 0 Å². The summed E-state index contributed by atoms with van der Waals surface area (Å²) < 4.78 is 2.19. The van der Waals surface area contributed by atoms with Crippen LogP contribution in [0.1, 0.15) is 58.6 Å². The number of hydrogen-bond donors (Lipinski definition) is 0. The van der Waals surface area contributed by atoms with Crippen LogP contribution in [-0.2, 0) is 18.4 Å². The van der Waals surface area contributed by atoms with Gasteiger partial charge in [0.15, 0.2) is 0 Å². The summed E-state index contributed by atoms with van der Waals surface area (Å²) in [6, 6.07) is 13.1. The van der Waals surface area contributed by atoms with Gasteiger partial charge in [-0.3, -0.25) is 9.98 Å². The average Bonchev–Trinajstić information content (AvgIpc) is 3.09. The molecule has 0 bridgehead atoms. The number of aliphatic imine (C=N–C) groups is 2. The molecule has 0 fully saturated rings. The molecule has 3 aromatic rings. The Balaban J connectivity index is 0.00000122. The molecule has 0 amide bonds. The van der Waals surface area contributed by atoms with E-state index >= 15 is 0 Å². The van der Waals surface area contributed by atoms with Crippen LogP contribution in [0.15, 0.2) is 46.4 Å². The second-order valence-electron chi connectivity index (χ2n) is 8.60. The van der Waals surface area contributed by atoms with Gasteiger partial charge in [-0.05, 0) is 89.8 Å². The van der Waals surface area contributed by atoms with Gasteiger partial charge in [0.25, 0.3) is 0 Å². The minimum absolute atomic E-state index is 0.875. The van der Waals surface area contributed by atoms with E-state index in [9.17, 15) is 0 Å². The van der Waals surface area contributed by atoms with Crippen LogP contribution in [0.25, 0.3) is 0 Å². The van der Waals surface area contributed by atoms with Crippen molar-refractivity contribution in [2.24, 2.45) is 17.0 Å². The molecule has 1 aromatic heterocycles. The SMILES string of the molecule is CC(=Nc1c(C)cc(C)cc1C)c1ccc(C(C)=Nc2c(C)cc(C)cc2C)n1C.[Br][Fe][Br]. The van der Waals surface area contributed by atoms with Crippen LogP contribution in [-0.4, -0.2) is 16.0 Å². The van der Waals surface area contributed by atoms with Crippen molar-refractivity contribution >= 4 is 51.0 Å². The zero-order valence-corrected chi connectivity index (χ0v) is 25.2. The standard InChI is InChI=1S/C27H33N3.2BrH.Fe/c1-16-12-18(3)26(19(4)13-16)28-22(7)24-10-11-25(30(24)9)23(8)29-27-20(5)14-17(2)15-21(27)6;;;/h10-15H,1-9H3;2*1H;/q;;;+2/p-2. The molecule has 178 valence electrons. The maximum absolute atomic E-state index is 4.98. The topological polar surface area (TPSA) is 29.6 Å². The third-order valence-corrected chi connectivity index (χ3v) is 5.69. The molecule has 3 rings (SSSR count). The minimum atomic E-state index is 0.875. The van der Waals surface area contributed by atoms with E-state index in [1.807, 2.05) is 0 Å². The second kappa shape index (κ2) is 12.3. The van der Waals surface area contributed by atoms with Crippen molar-refractivity contribution in [3.8, 4) is 0 Å². The Labute approximate surface area is 219 Å². The second-order valence-corrected chi connectivity index (χ2v) is 14.2. The Morgan fingerprint density at radius 1 is 0.667 bits per heavy atom. The third kappa shape index (κ3) is 7.02. The van der Waals surface area contributed by atoms with Gasteiger partial charge in [-0.15, -0.1) is 0 Å². The molecule has 0 aliphatic rings. The van der Waals surface area contributed by atoms with Gasteiger partial charge in [-0.1, -0.05) is 35.4 Å². The van der Waals surface area contributed by atoms with Crippen molar-refractivity contribution < 1.29 is 11.3 Å². The zero-order chi connectivity index (χ0) is 24.9. The first-order valence-electron chi connectivity index (χ1n) is 10.8. The Morgan fingerprint density at radius 3 is 1.21 bits per heavy atom. The number of aryl methyl sites for hydroxylation is 6. The summed E-state index contributed by atoms with van der Waals surface area (Å²) in [6.07, 6.45) is 0. The van der Waals surface area contributed by atoms with Crippen LogP contribution >= 0.6 is 28.2 Å². The Hall–Kier alpha value is -1.46. The van der Waals surface area contributed by atoms with Gasteiger partial charge in [-0.2, -0.15) is 0 Å². The Kier molecular flexibility index (Phi) is 10.4. The van der Waals surface area contributed by atoms with Crippen LogP contribution in [0.5, 0.6) is 0 Å². The van der Waals surface area contributed by atoms with Gasteiger partial charge in [0.1, 0.15) is 0 Å². The molecule has 0 radical (unpaired) electrons. The van der Waals surface area contributed by atoms with Crippen molar-refractivity contribution in [2.75, 3.05) is 0 Å².